The Hall–Kier alpha value is 3.59. The number of hydrogen-bond donors (Lipinski definition) is 5. The van der Waals surface area contributed by atoms with E-state index >= 15 is 0 Å². The fourth-order valence-corrected chi connectivity index (χ4v) is 19.0. The van der Waals surface area contributed by atoms with Crippen LogP contribution in [0.1, 0.15) is 207 Å². The maximum atomic E-state index is 11.1. The molecule has 0 atom stereocenters. The van der Waals surface area contributed by atoms with Gasteiger partial charge in [0.2, 0.25) is 0 Å². The number of phenols is 3. The average Bonchev–Trinajstić information content (AvgIpc) is 1.53. The number of hydrogen-bond acceptors (Lipinski definition) is 9. The van der Waals surface area contributed by atoms with Crippen molar-refractivity contribution >= 4 is 211 Å². The quantitative estimate of drug-likeness (QED) is 0.0515. The molecule has 0 bridgehead atoms. The second-order valence-corrected chi connectivity index (χ2v) is 96.1. The Morgan fingerprint density at radius 2 is 0.565 bits per heavy atom. The van der Waals surface area contributed by atoms with Crippen molar-refractivity contribution in [3.8, 4) is 40.2 Å². The molecule has 0 fully saturated rings. The van der Waals surface area contributed by atoms with Gasteiger partial charge in [0, 0.05) is 30.2 Å². The van der Waals surface area contributed by atoms with Gasteiger partial charge in [-0.15, -0.1) is 0 Å². The summed E-state index contributed by atoms with van der Waals surface area (Å²) < 4.78 is 24.7. The first-order chi connectivity index (χ1) is 42.0. The van der Waals surface area contributed by atoms with E-state index in [9.17, 15) is 9.59 Å². The number of halogens is 9. The van der Waals surface area contributed by atoms with Crippen molar-refractivity contribution < 1.29 is 66.5 Å². The molecule has 5 aromatic carbocycles. The first-order valence-corrected chi connectivity index (χ1v) is 71.4. The number of para-hydroxylation sites is 7. The van der Waals surface area contributed by atoms with Gasteiger partial charge in [-0.1, -0.05) is 325 Å². The fourth-order valence-electron chi connectivity index (χ4n) is 7.89. The van der Waals surface area contributed by atoms with Crippen LogP contribution in [0.2, 0.25) is 30.2 Å². The SMILES string of the molecule is C.CC.CC.CC.CC.CC.CC(C)(C)[Si](O)(Oc1ccccc1)C(C)(C)C.CC(C)(C)[Si](O)(Oc1ccccc1)C(C)(C)C.CC(C)(C)[Si]1(C(C)(C)C)Oc2ccccc2O1.CI.CI.Cc1ccccc1O.Oc1ccccc1O.[I][V]([I])[I].[I][V][I].[I][V][I]. The van der Waals surface area contributed by atoms with Gasteiger partial charge in [-0.05, 0) is 76.9 Å². The fraction of sp³-hybridized carbons (Fsp3) is 0.559. The van der Waals surface area contributed by atoms with Crippen molar-refractivity contribution in [2.45, 2.75) is 238 Å². The van der Waals surface area contributed by atoms with Crippen LogP contribution in [0.5, 0.6) is 40.2 Å². The number of alkyl halides is 2. The second-order valence-electron chi connectivity index (χ2n) is 23.5. The van der Waals surface area contributed by atoms with Gasteiger partial charge in [0.15, 0.2) is 11.5 Å². The average molecular weight is 2460 g/mol. The van der Waals surface area contributed by atoms with Gasteiger partial charge in [0.1, 0.15) is 28.7 Å². The molecule has 92 heavy (non-hydrogen) atoms. The molecule has 0 saturated heterocycles. The van der Waals surface area contributed by atoms with Crippen LogP contribution in [0.15, 0.2) is 133 Å². The van der Waals surface area contributed by atoms with Crippen molar-refractivity contribution in [1.82, 2.24) is 0 Å². The van der Waals surface area contributed by atoms with Gasteiger partial charge in [-0.3, -0.25) is 0 Å². The minimum atomic E-state index is -2.89. The zero-order valence-corrected chi connectivity index (χ0v) is 87.4. The van der Waals surface area contributed by atoms with Crippen LogP contribution < -0.4 is 17.7 Å². The van der Waals surface area contributed by atoms with Gasteiger partial charge in [-0.2, -0.15) is 0 Å². The predicted molar refractivity (Wildman–Crippen MR) is 486 cm³/mol. The van der Waals surface area contributed by atoms with Gasteiger partial charge in [0.25, 0.3) is 0 Å². The molecule has 5 aromatic rings. The molecule has 0 aliphatic carbocycles. The zero-order chi connectivity index (χ0) is 74.5. The van der Waals surface area contributed by atoms with E-state index in [0.29, 0.717) is 24.7 Å². The van der Waals surface area contributed by atoms with Crippen LogP contribution in [-0.2, 0) is 23.9 Å². The number of fused-ring (bicyclic) bond motifs is 1. The first-order valence-electron chi connectivity index (χ1n) is 30.0. The molecule has 0 aromatic heterocycles. The number of aromatic hydroxyl groups is 3. The minimum absolute atomic E-state index is 0. The van der Waals surface area contributed by atoms with Crippen LogP contribution in [0, 0.1) is 6.92 Å². The summed E-state index contributed by atoms with van der Waals surface area (Å²) in [6.07, 6.45) is 0. The Labute approximate surface area is 693 Å². The van der Waals surface area contributed by atoms with Gasteiger partial charge in [-0.25, -0.2) is 0 Å². The van der Waals surface area contributed by atoms with Crippen LogP contribution in [0.3, 0.4) is 0 Å². The molecule has 9 nitrogen and oxygen atoms in total. The topological polar surface area (TPSA) is 138 Å². The van der Waals surface area contributed by atoms with E-state index in [-0.39, 0.29) is 54.1 Å². The molecule has 6 rings (SSSR count). The Morgan fingerprint density at radius 1 is 0.380 bits per heavy atom. The molecule has 0 saturated carbocycles. The van der Waals surface area contributed by atoms with E-state index in [2.05, 4.69) is 227 Å². The standard InChI is InChI=1S/C14H22O2Si.2C14H24O2Si.C7H8O.C6H6O2.5C2H6.2CH3I.CH4.7HI.3V/c1-13(2,3)17(14(4,5)6)15-11-9-7-8-10-12(11)16-17;2*1-13(2,3)17(15,14(4,5)6)16-12-10-8-7-9-11-12;1-6-4-2-3-5-7(6)8;7-5-3-1-2-4-6(5)8;7*1-2;;;;;;;;;;;/h7-10H,1-6H3;2*7-11,15H,1-6H3;2-5,8H,1H3;1-4,7-8H;5*1-2H3;2*1H3;1H4;7*1H;;;/q;;;;;;;;;;;;;;;;;;;;2*+2;+3/p-7. The summed E-state index contributed by atoms with van der Waals surface area (Å²) in [6, 6.07) is 40.6. The van der Waals surface area contributed by atoms with E-state index < -0.39 is 25.7 Å². The molecular weight excluding hydrogens is 2340 g/mol. The summed E-state index contributed by atoms with van der Waals surface area (Å²) >= 11 is 21.2. The van der Waals surface area contributed by atoms with Crippen molar-refractivity contribution in [2.75, 3.05) is 9.86 Å². The van der Waals surface area contributed by atoms with Crippen LogP contribution in [0.4, 0.5) is 0 Å². The van der Waals surface area contributed by atoms with Gasteiger partial charge >= 0.3 is 189 Å². The number of rotatable bonds is 4. The normalized spacial score (nSPS) is 11.1. The van der Waals surface area contributed by atoms with E-state index in [0.717, 1.165) is 28.6 Å². The van der Waals surface area contributed by atoms with Gasteiger partial charge in [0.05, 0.1) is 0 Å². The summed E-state index contributed by atoms with van der Waals surface area (Å²) in [5.74, 6) is 3.54. The second kappa shape index (κ2) is 65.4. The molecule has 540 valence electrons. The molecule has 1 heterocycles. The number of benzene rings is 5. The van der Waals surface area contributed by atoms with Crippen molar-refractivity contribution in [3.05, 3.63) is 139 Å². The predicted octanol–water partition coefficient (Wildman–Crippen LogP) is 29.6. The van der Waals surface area contributed by atoms with E-state index in [4.69, 9.17) is 33.0 Å². The maximum absolute atomic E-state index is 11.1. The molecule has 5 N–H and O–H groups in total. The van der Waals surface area contributed by atoms with E-state index in [1.807, 2.05) is 272 Å². The molecule has 1 aliphatic heterocycles. The van der Waals surface area contributed by atoms with Crippen molar-refractivity contribution in [3.63, 3.8) is 0 Å². The summed E-state index contributed by atoms with van der Waals surface area (Å²) in [7, 11) is -6.87. The Bertz CT molecular complexity index is 2160. The monoisotopic (exact) mass is 2460 g/mol. The van der Waals surface area contributed by atoms with E-state index in [1.54, 1.807) is 18.2 Å². The summed E-state index contributed by atoms with van der Waals surface area (Å²) in [4.78, 5) is 25.8. The molecule has 24 heteroatoms. The summed E-state index contributed by atoms with van der Waals surface area (Å²) in [5, 5.41) is 25.4. The van der Waals surface area contributed by atoms with Crippen LogP contribution in [0.25, 0.3) is 0 Å². The summed E-state index contributed by atoms with van der Waals surface area (Å²) in [5.41, 5.74) is 0.924. The molecule has 0 unspecified atom stereocenters. The van der Waals surface area contributed by atoms with Crippen molar-refractivity contribution in [2.24, 2.45) is 0 Å². The third-order valence-corrected chi connectivity index (χ3v) is 25.6. The van der Waals surface area contributed by atoms with Crippen LogP contribution >= 0.6 is 185 Å². The molecule has 1 aliphatic rings. The van der Waals surface area contributed by atoms with Crippen LogP contribution in [-0.4, -0.2) is 60.5 Å². The third-order valence-electron chi connectivity index (χ3n) is 11.4. The van der Waals surface area contributed by atoms with Crippen molar-refractivity contribution in [1.29, 1.82) is 0 Å². The number of phenolic OH excluding ortho intramolecular Hbond substituents is 3. The number of aryl methyl sites for hydroxylation is 1. The first kappa shape index (κ1) is 117. The van der Waals surface area contributed by atoms with Gasteiger partial charge < -0.3 is 42.6 Å². The molecule has 0 spiro atoms. The van der Waals surface area contributed by atoms with E-state index in [1.165, 1.54) is 12.1 Å². The zero-order valence-electron chi connectivity index (χ0n) is 60.8. The third kappa shape index (κ3) is 50.1. The Morgan fingerprint density at radius 3 is 0.728 bits per heavy atom. The Balaban J connectivity index is -0.000000107. The Kier molecular flexibility index (Phi) is 82.9. The molecule has 0 amide bonds. The molecule has 0 radical (unpaired) electrons. The molecular formula is C68H124I9O9Si3V3. The summed E-state index contributed by atoms with van der Waals surface area (Å²) in [6.45, 7) is 59.8.